The van der Waals surface area contributed by atoms with Gasteiger partial charge in [0.25, 0.3) is 0 Å². The number of aliphatic hydroxyl groups is 4. The lowest BCUT2D eigenvalue weighted by molar-refractivity contribution is -0.178. The summed E-state index contributed by atoms with van der Waals surface area (Å²) in [6, 6.07) is 0. The average molecular weight is 615 g/mol. The molecule has 7 atom stereocenters. The third-order valence-corrected chi connectivity index (χ3v) is 8.16. The summed E-state index contributed by atoms with van der Waals surface area (Å²) in [5.41, 5.74) is 0.416. The van der Waals surface area contributed by atoms with Crippen molar-refractivity contribution in [3.63, 3.8) is 0 Å². The molecule has 0 rings (SSSR count). The average Bonchev–Trinajstić information content (AvgIpc) is 2.98. The highest BCUT2D eigenvalue weighted by Crippen LogP contribution is 2.22. The van der Waals surface area contributed by atoms with Gasteiger partial charge in [-0.05, 0) is 50.5 Å². The molecule has 0 aliphatic carbocycles. The molecular formula is C34H62O9. The molecule has 0 spiro atoms. The van der Waals surface area contributed by atoms with Crippen molar-refractivity contribution in [2.24, 2.45) is 17.8 Å². The monoisotopic (exact) mass is 614 g/mol. The standard InChI is InChI=1S/C34H62O9/c1-7-8-9-10-11-12-13-14-15-19-28(36)20-17-16-18-24(2)21-25(3)22-26(4)30(37)27(5)33(40)43-29(23-35)31(38)32(39)34(41)42-6/h22,24-25,27-29,31-32,35-36,38-39H,7-21,23H2,1-6H3/b26-22+/t24-,25+,27+,28+,29+,31+,32+/m0/s1. The van der Waals surface area contributed by atoms with E-state index in [-0.39, 0.29) is 12.0 Å². The molecule has 0 aromatic rings. The third kappa shape index (κ3) is 18.6. The van der Waals surface area contributed by atoms with Gasteiger partial charge >= 0.3 is 11.9 Å². The third-order valence-electron chi connectivity index (χ3n) is 8.16. The van der Waals surface area contributed by atoms with E-state index in [1.54, 1.807) is 6.92 Å². The lowest BCUT2D eigenvalue weighted by atomic mass is 9.89. The summed E-state index contributed by atoms with van der Waals surface area (Å²) in [6.45, 7) is 8.60. The molecule has 0 amide bonds. The first kappa shape index (κ1) is 41.2. The largest absolute Gasteiger partial charge is 0.467 e. The molecule has 0 heterocycles. The minimum atomic E-state index is -2.01. The van der Waals surface area contributed by atoms with E-state index < -0.39 is 48.6 Å². The Labute approximate surface area is 260 Å². The fourth-order valence-corrected chi connectivity index (χ4v) is 5.42. The van der Waals surface area contributed by atoms with E-state index in [4.69, 9.17) is 4.74 Å². The molecule has 0 aromatic carbocycles. The minimum Gasteiger partial charge on any atom is -0.467 e. The number of hydrogen-bond donors (Lipinski definition) is 4. The van der Waals surface area contributed by atoms with Gasteiger partial charge in [0.05, 0.1) is 19.8 Å². The highest BCUT2D eigenvalue weighted by molar-refractivity contribution is 6.07. The summed E-state index contributed by atoms with van der Waals surface area (Å²) >= 11 is 0. The molecule has 0 aliphatic heterocycles. The Kier molecular flexibility index (Phi) is 23.5. The summed E-state index contributed by atoms with van der Waals surface area (Å²) in [5, 5.41) is 39.6. The SMILES string of the molecule is CCCCCCCCCCC[C@@H](O)CCCC[C@H](C)C[C@@H](C)/C=C(\C)C(=O)[C@@H](C)C(=O)O[C@H](CO)[C@@H](O)[C@@H](O)C(=O)OC. The van der Waals surface area contributed by atoms with Gasteiger partial charge in [-0.25, -0.2) is 4.79 Å². The molecule has 0 saturated heterocycles. The Balaban J connectivity index is 4.38. The number of ketones is 1. The van der Waals surface area contributed by atoms with Crippen LogP contribution in [-0.4, -0.2) is 76.3 Å². The summed E-state index contributed by atoms with van der Waals surface area (Å²) < 4.78 is 9.37. The summed E-state index contributed by atoms with van der Waals surface area (Å²) in [5.74, 6) is -3.20. The van der Waals surface area contributed by atoms with E-state index in [1.165, 1.54) is 58.3 Å². The molecule has 0 aliphatic rings. The first-order chi connectivity index (χ1) is 20.4. The Hall–Kier alpha value is -1.81. The molecule has 0 fully saturated rings. The van der Waals surface area contributed by atoms with E-state index in [0.29, 0.717) is 11.5 Å². The van der Waals surface area contributed by atoms with Gasteiger partial charge in [0.2, 0.25) is 0 Å². The summed E-state index contributed by atoms with van der Waals surface area (Å²) in [6.07, 6.45) is 13.4. The second kappa shape index (κ2) is 24.5. The lowest BCUT2D eigenvalue weighted by Gasteiger charge is -2.25. The van der Waals surface area contributed by atoms with Crippen molar-refractivity contribution in [2.45, 2.75) is 155 Å². The Morgan fingerprint density at radius 1 is 0.767 bits per heavy atom. The van der Waals surface area contributed by atoms with Crippen molar-refractivity contribution in [3.8, 4) is 0 Å². The highest BCUT2D eigenvalue weighted by atomic mass is 16.6. The van der Waals surface area contributed by atoms with E-state index in [0.717, 1.165) is 52.1 Å². The van der Waals surface area contributed by atoms with Crippen LogP contribution in [0, 0.1) is 17.8 Å². The number of methoxy groups -OCH3 is 1. The molecule has 0 radical (unpaired) electrons. The van der Waals surface area contributed by atoms with Gasteiger partial charge in [-0.3, -0.25) is 9.59 Å². The maximum atomic E-state index is 12.8. The van der Waals surface area contributed by atoms with Crippen molar-refractivity contribution in [1.82, 2.24) is 0 Å². The minimum absolute atomic E-state index is 0.113. The van der Waals surface area contributed by atoms with Crippen LogP contribution in [-0.2, 0) is 23.9 Å². The topological polar surface area (TPSA) is 151 Å². The van der Waals surface area contributed by atoms with Crippen LogP contribution < -0.4 is 0 Å². The maximum Gasteiger partial charge on any atom is 0.337 e. The van der Waals surface area contributed by atoms with Gasteiger partial charge in [-0.2, -0.15) is 0 Å². The van der Waals surface area contributed by atoms with Gasteiger partial charge in [0.15, 0.2) is 18.0 Å². The Morgan fingerprint density at radius 3 is 1.81 bits per heavy atom. The molecule has 4 N–H and O–H groups in total. The van der Waals surface area contributed by atoms with E-state index in [2.05, 4.69) is 18.6 Å². The number of hydrogen-bond acceptors (Lipinski definition) is 9. The predicted octanol–water partition coefficient (Wildman–Crippen LogP) is 5.44. The van der Waals surface area contributed by atoms with Crippen LogP contribution >= 0.6 is 0 Å². The van der Waals surface area contributed by atoms with Crippen LogP contribution in [0.4, 0.5) is 0 Å². The molecule has 9 nitrogen and oxygen atoms in total. The predicted molar refractivity (Wildman–Crippen MR) is 168 cm³/mol. The summed E-state index contributed by atoms with van der Waals surface area (Å²) in [4.78, 5) is 36.8. The summed E-state index contributed by atoms with van der Waals surface area (Å²) in [7, 11) is 1.02. The van der Waals surface area contributed by atoms with Crippen molar-refractivity contribution in [3.05, 3.63) is 11.6 Å². The van der Waals surface area contributed by atoms with Crippen LogP contribution in [0.1, 0.15) is 131 Å². The molecule has 252 valence electrons. The van der Waals surface area contributed by atoms with Crippen LogP contribution in [0.3, 0.4) is 0 Å². The molecule has 0 aromatic heterocycles. The van der Waals surface area contributed by atoms with Gasteiger partial charge < -0.3 is 29.9 Å². The first-order valence-electron chi connectivity index (χ1n) is 16.5. The van der Waals surface area contributed by atoms with Gasteiger partial charge in [0.1, 0.15) is 12.0 Å². The van der Waals surface area contributed by atoms with Gasteiger partial charge in [-0.1, -0.05) is 104 Å². The number of unbranched alkanes of at least 4 members (excludes halogenated alkanes) is 9. The van der Waals surface area contributed by atoms with Crippen LogP contribution in [0.2, 0.25) is 0 Å². The number of carbonyl (C=O) groups is 3. The smallest absolute Gasteiger partial charge is 0.337 e. The molecule has 0 saturated carbocycles. The highest BCUT2D eigenvalue weighted by Gasteiger charge is 2.36. The van der Waals surface area contributed by atoms with Gasteiger partial charge in [0, 0.05) is 0 Å². The molecule has 0 bridgehead atoms. The van der Waals surface area contributed by atoms with E-state index >= 15 is 0 Å². The molecule has 43 heavy (non-hydrogen) atoms. The number of Topliss-reactive ketones (excluding diaryl/α,β-unsaturated/α-hetero) is 1. The molecular weight excluding hydrogens is 552 g/mol. The molecule has 0 unspecified atom stereocenters. The fraction of sp³-hybridized carbons (Fsp3) is 0.853. The van der Waals surface area contributed by atoms with Crippen LogP contribution in [0.5, 0.6) is 0 Å². The second-order valence-corrected chi connectivity index (χ2v) is 12.4. The number of ether oxygens (including phenoxy) is 2. The zero-order valence-electron chi connectivity index (χ0n) is 27.8. The molecule has 9 heteroatoms. The Morgan fingerprint density at radius 2 is 1.28 bits per heavy atom. The first-order valence-corrected chi connectivity index (χ1v) is 16.5. The van der Waals surface area contributed by atoms with E-state index in [1.807, 2.05) is 13.0 Å². The number of rotatable bonds is 26. The zero-order valence-corrected chi connectivity index (χ0v) is 27.8. The number of carbonyl (C=O) groups excluding carboxylic acids is 3. The van der Waals surface area contributed by atoms with Crippen LogP contribution in [0.15, 0.2) is 11.6 Å². The number of esters is 2. The van der Waals surface area contributed by atoms with Crippen LogP contribution in [0.25, 0.3) is 0 Å². The normalized spacial score (nSPS) is 16.9. The fourth-order valence-electron chi connectivity index (χ4n) is 5.42. The number of aliphatic hydroxyl groups excluding tert-OH is 4. The number of allylic oxidation sites excluding steroid dienone is 2. The maximum absolute atomic E-state index is 12.8. The zero-order chi connectivity index (χ0) is 32.8. The quantitative estimate of drug-likeness (QED) is 0.0432. The van der Waals surface area contributed by atoms with Crippen molar-refractivity contribution >= 4 is 17.7 Å². The van der Waals surface area contributed by atoms with Crippen molar-refractivity contribution in [1.29, 1.82) is 0 Å². The second-order valence-electron chi connectivity index (χ2n) is 12.4. The van der Waals surface area contributed by atoms with Crippen molar-refractivity contribution in [2.75, 3.05) is 13.7 Å². The van der Waals surface area contributed by atoms with Crippen molar-refractivity contribution < 1.29 is 44.3 Å². The Bertz CT molecular complexity index is 797. The van der Waals surface area contributed by atoms with Gasteiger partial charge in [-0.15, -0.1) is 0 Å². The lowest BCUT2D eigenvalue weighted by Crippen LogP contribution is -2.47. The van der Waals surface area contributed by atoms with E-state index in [9.17, 15) is 34.8 Å².